The fraction of sp³-hybridized carbons (Fsp3) is 0.538. The molecule has 0 amide bonds. The van der Waals surface area contributed by atoms with Crippen molar-refractivity contribution in [3.63, 3.8) is 0 Å². The minimum Gasteiger partial charge on any atom is -0.357 e. The standard InChI is InChI=1S/C13H17ClN4/c1-8(9-4-5-9)18(3)11-6-10(14)12-13(16-11)17(2)7-15-12/h6-9H,4-5H2,1-3H3/t8-/m1/s1. The molecule has 1 fully saturated rings. The molecule has 2 heterocycles. The summed E-state index contributed by atoms with van der Waals surface area (Å²) in [5, 5.41) is 0.672. The number of pyridine rings is 1. The van der Waals surface area contributed by atoms with Crippen LogP contribution >= 0.6 is 11.6 Å². The first kappa shape index (κ1) is 11.8. The third-order valence-electron chi connectivity index (χ3n) is 3.88. The van der Waals surface area contributed by atoms with E-state index in [1.807, 2.05) is 17.7 Å². The van der Waals surface area contributed by atoms with Gasteiger partial charge in [-0.3, -0.25) is 0 Å². The van der Waals surface area contributed by atoms with E-state index in [-0.39, 0.29) is 0 Å². The molecule has 1 atom stereocenters. The fourth-order valence-corrected chi connectivity index (χ4v) is 2.56. The van der Waals surface area contributed by atoms with Gasteiger partial charge in [0.2, 0.25) is 0 Å². The Balaban J connectivity index is 2.03. The van der Waals surface area contributed by atoms with Crippen molar-refractivity contribution in [1.82, 2.24) is 14.5 Å². The van der Waals surface area contributed by atoms with Gasteiger partial charge in [-0.15, -0.1) is 0 Å². The lowest BCUT2D eigenvalue weighted by atomic mass is 10.2. The van der Waals surface area contributed by atoms with Crippen LogP contribution in [0.15, 0.2) is 12.4 Å². The van der Waals surface area contributed by atoms with E-state index < -0.39 is 0 Å². The molecule has 3 rings (SSSR count). The molecule has 1 aliphatic rings. The SMILES string of the molecule is C[C@H](C1CC1)N(C)c1cc(Cl)c2ncn(C)c2n1. The lowest BCUT2D eigenvalue weighted by Gasteiger charge is -2.26. The van der Waals surface area contributed by atoms with E-state index in [0.717, 1.165) is 22.9 Å². The van der Waals surface area contributed by atoms with Crippen molar-refractivity contribution in [3.8, 4) is 0 Å². The minimum absolute atomic E-state index is 0.513. The first-order valence-corrected chi connectivity index (χ1v) is 6.66. The first-order valence-electron chi connectivity index (χ1n) is 6.28. The van der Waals surface area contributed by atoms with Crippen molar-refractivity contribution in [3.05, 3.63) is 17.4 Å². The number of aryl methyl sites for hydroxylation is 1. The Morgan fingerprint density at radius 1 is 1.50 bits per heavy atom. The zero-order chi connectivity index (χ0) is 12.9. The van der Waals surface area contributed by atoms with E-state index in [4.69, 9.17) is 11.6 Å². The van der Waals surface area contributed by atoms with Crippen molar-refractivity contribution >= 4 is 28.6 Å². The van der Waals surface area contributed by atoms with Crippen molar-refractivity contribution in [2.24, 2.45) is 13.0 Å². The molecule has 0 N–H and O–H groups in total. The number of nitrogens with zero attached hydrogens (tertiary/aromatic N) is 4. The molecular formula is C13H17ClN4. The Morgan fingerprint density at radius 2 is 2.22 bits per heavy atom. The molecule has 18 heavy (non-hydrogen) atoms. The topological polar surface area (TPSA) is 34.0 Å². The molecule has 0 spiro atoms. The number of fused-ring (bicyclic) bond motifs is 1. The molecule has 2 aromatic heterocycles. The van der Waals surface area contributed by atoms with Crippen LogP contribution in [-0.4, -0.2) is 27.6 Å². The Kier molecular flexibility index (Phi) is 2.70. The normalized spacial score (nSPS) is 17.1. The fourth-order valence-electron chi connectivity index (χ4n) is 2.33. The van der Waals surface area contributed by atoms with E-state index in [1.165, 1.54) is 12.8 Å². The van der Waals surface area contributed by atoms with Crippen molar-refractivity contribution in [1.29, 1.82) is 0 Å². The second kappa shape index (κ2) is 4.12. The van der Waals surface area contributed by atoms with Gasteiger partial charge in [-0.05, 0) is 25.7 Å². The molecule has 0 radical (unpaired) electrons. The third kappa shape index (κ3) is 1.85. The molecule has 0 saturated heterocycles. The zero-order valence-corrected chi connectivity index (χ0v) is 11.6. The van der Waals surface area contributed by atoms with Gasteiger partial charge in [-0.1, -0.05) is 11.6 Å². The van der Waals surface area contributed by atoms with E-state index in [9.17, 15) is 0 Å². The average Bonchev–Trinajstić information content (AvgIpc) is 3.13. The van der Waals surface area contributed by atoms with Crippen LogP contribution in [0.4, 0.5) is 5.82 Å². The van der Waals surface area contributed by atoms with E-state index >= 15 is 0 Å². The molecule has 4 nitrogen and oxygen atoms in total. The van der Waals surface area contributed by atoms with E-state index in [0.29, 0.717) is 11.1 Å². The van der Waals surface area contributed by atoms with Crippen LogP contribution in [0.1, 0.15) is 19.8 Å². The Hall–Kier alpha value is -1.29. The quantitative estimate of drug-likeness (QED) is 0.855. The lowest BCUT2D eigenvalue weighted by molar-refractivity contribution is 0.604. The highest BCUT2D eigenvalue weighted by molar-refractivity contribution is 6.35. The zero-order valence-electron chi connectivity index (χ0n) is 10.9. The van der Waals surface area contributed by atoms with Crippen molar-refractivity contribution in [2.45, 2.75) is 25.8 Å². The molecular weight excluding hydrogens is 248 g/mol. The predicted molar refractivity (Wildman–Crippen MR) is 74.1 cm³/mol. The number of hydrogen-bond acceptors (Lipinski definition) is 3. The Bertz CT molecular complexity index is 588. The monoisotopic (exact) mass is 264 g/mol. The van der Waals surface area contributed by atoms with Crippen molar-refractivity contribution < 1.29 is 0 Å². The summed E-state index contributed by atoms with van der Waals surface area (Å²) < 4.78 is 1.90. The van der Waals surface area contributed by atoms with Gasteiger partial charge in [0.25, 0.3) is 0 Å². The van der Waals surface area contributed by atoms with Gasteiger partial charge in [-0.2, -0.15) is 0 Å². The summed E-state index contributed by atoms with van der Waals surface area (Å²) in [5.74, 6) is 1.73. The molecule has 96 valence electrons. The Labute approximate surface area is 112 Å². The molecule has 0 bridgehead atoms. The van der Waals surface area contributed by atoms with Crippen LogP contribution < -0.4 is 4.90 Å². The number of hydrogen-bond donors (Lipinski definition) is 0. The number of halogens is 1. The number of aromatic nitrogens is 3. The maximum atomic E-state index is 6.28. The summed E-state index contributed by atoms with van der Waals surface area (Å²) in [6, 6.07) is 2.43. The van der Waals surface area contributed by atoms with E-state index in [2.05, 4.69) is 28.8 Å². The average molecular weight is 265 g/mol. The van der Waals surface area contributed by atoms with Gasteiger partial charge in [0.05, 0.1) is 11.3 Å². The van der Waals surface area contributed by atoms with Crippen LogP contribution in [0.25, 0.3) is 11.2 Å². The van der Waals surface area contributed by atoms with Gasteiger partial charge in [0, 0.05) is 26.2 Å². The molecule has 5 heteroatoms. The summed E-state index contributed by atoms with van der Waals surface area (Å²) in [7, 11) is 4.02. The van der Waals surface area contributed by atoms with Crippen LogP contribution in [-0.2, 0) is 7.05 Å². The molecule has 1 aliphatic carbocycles. The maximum Gasteiger partial charge on any atom is 0.163 e. The summed E-state index contributed by atoms with van der Waals surface area (Å²) >= 11 is 6.28. The summed E-state index contributed by atoms with van der Waals surface area (Å²) in [5.41, 5.74) is 1.61. The highest BCUT2D eigenvalue weighted by Gasteiger charge is 2.31. The van der Waals surface area contributed by atoms with Gasteiger partial charge in [0.15, 0.2) is 5.65 Å². The van der Waals surface area contributed by atoms with E-state index in [1.54, 1.807) is 6.33 Å². The smallest absolute Gasteiger partial charge is 0.163 e. The Morgan fingerprint density at radius 3 is 2.89 bits per heavy atom. The number of imidazole rings is 1. The summed E-state index contributed by atoms with van der Waals surface area (Å²) in [6.07, 6.45) is 4.40. The van der Waals surface area contributed by atoms with Crippen LogP contribution in [0.2, 0.25) is 5.02 Å². The van der Waals surface area contributed by atoms with Crippen molar-refractivity contribution in [2.75, 3.05) is 11.9 Å². The van der Waals surface area contributed by atoms with Crippen LogP contribution in [0.5, 0.6) is 0 Å². The summed E-state index contributed by atoms with van der Waals surface area (Å²) in [6.45, 7) is 2.25. The van der Waals surface area contributed by atoms with Gasteiger partial charge < -0.3 is 9.47 Å². The summed E-state index contributed by atoms with van der Waals surface area (Å²) in [4.78, 5) is 11.1. The largest absolute Gasteiger partial charge is 0.357 e. The lowest BCUT2D eigenvalue weighted by Crippen LogP contribution is -2.31. The second-order valence-electron chi connectivity index (χ2n) is 5.18. The van der Waals surface area contributed by atoms with Crippen LogP contribution in [0.3, 0.4) is 0 Å². The number of anilines is 1. The second-order valence-corrected chi connectivity index (χ2v) is 5.59. The maximum absolute atomic E-state index is 6.28. The van der Waals surface area contributed by atoms with Crippen LogP contribution in [0, 0.1) is 5.92 Å². The highest BCUT2D eigenvalue weighted by Crippen LogP contribution is 2.36. The molecule has 0 aromatic carbocycles. The predicted octanol–water partition coefficient (Wildman–Crippen LogP) is 2.86. The third-order valence-corrected chi connectivity index (χ3v) is 4.17. The molecule has 0 aliphatic heterocycles. The minimum atomic E-state index is 0.513. The molecule has 0 unspecified atom stereocenters. The van der Waals surface area contributed by atoms with Gasteiger partial charge >= 0.3 is 0 Å². The first-order chi connectivity index (χ1) is 8.58. The number of rotatable bonds is 3. The molecule has 1 saturated carbocycles. The molecule has 2 aromatic rings. The van der Waals surface area contributed by atoms with Gasteiger partial charge in [-0.25, -0.2) is 9.97 Å². The highest BCUT2D eigenvalue weighted by atomic mass is 35.5. The van der Waals surface area contributed by atoms with Gasteiger partial charge in [0.1, 0.15) is 11.3 Å².